The van der Waals surface area contributed by atoms with Gasteiger partial charge in [0.2, 0.25) is 0 Å². The number of halogens is 3. The van der Waals surface area contributed by atoms with Crippen molar-refractivity contribution in [2.45, 2.75) is 17.7 Å². The molecular formula is C33H24Cl3K2N7O7S2. The average Bonchev–Trinajstić information content (AvgIpc) is 3.49. The summed E-state index contributed by atoms with van der Waals surface area (Å²) < 4.78 is 69.8. The quantitative estimate of drug-likeness (QED) is 0.0784. The summed E-state index contributed by atoms with van der Waals surface area (Å²) >= 11 is 18.9. The van der Waals surface area contributed by atoms with Gasteiger partial charge in [0, 0.05) is 34.3 Å². The van der Waals surface area contributed by atoms with Crippen molar-refractivity contribution in [1.29, 1.82) is 5.26 Å². The minimum atomic E-state index is -4.87. The summed E-state index contributed by atoms with van der Waals surface area (Å²) in [5.74, 6) is -1.40. The Bertz CT molecular complexity index is 2430. The number of para-hydroxylation sites is 1. The maximum atomic E-state index is 13.5. The molecule has 0 unspecified atom stereocenters. The van der Waals surface area contributed by atoms with Crippen LogP contribution in [-0.4, -0.2) is 53.9 Å². The molecule has 1 amide bonds. The third-order valence-corrected chi connectivity index (χ3v) is 9.74. The number of unbranched alkanes of at least 4 members (excludes halogenated alkanes) is 1. The van der Waals surface area contributed by atoms with Crippen LogP contribution < -0.4 is 113 Å². The summed E-state index contributed by atoms with van der Waals surface area (Å²) in [7, 11) is -9.29. The molecule has 1 aromatic heterocycles. The van der Waals surface area contributed by atoms with Gasteiger partial charge in [-0.1, -0.05) is 59.1 Å². The molecule has 54 heavy (non-hydrogen) atoms. The topological polar surface area (TPSA) is 213 Å². The number of carbonyl (C=O) groups is 1. The summed E-state index contributed by atoms with van der Waals surface area (Å²) in [4.78, 5) is 14.7. The van der Waals surface area contributed by atoms with Crippen molar-refractivity contribution in [3.05, 3.63) is 117 Å². The Morgan fingerprint density at radius 2 is 1.56 bits per heavy atom. The minimum absolute atomic E-state index is 0. The first-order chi connectivity index (χ1) is 24.6. The van der Waals surface area contributed by atoms with Crippen molar-refractivity contribution in [2.75, 3.05) is 22.5 Å². The van der Waals surface area contributed by atoms with Gasteiger partial charge in [-0.05, 0) is 73.5 Å². The normalized spacial score (nSPS) is 11.3. The van der Waals surface area contributed by atoms with Crippen LogP contribution in [0.4, 0.5) is 28.6 Å². The molecule has 0 saturated heterocycles. The van der Waals surface area contributed by atoms with Gasteiger partial charge in [0.05, 0.1) is 36.9 Å². The zero-order valence-corrected chi connectivity index (χ0v) is 38.6. The number of hydrogen-bond donors (Lipinski definition) is 1. The van der Waals surface area contributed by atoms with Crippen molar-refractivity contribution in [2.24, 2.45) is 10.2 Å². The van der Waals surface area contributed by atoms with Crippen LogP contribution in [0.25, 0.3) is 5.69 Å². The van der Waals surface area contributed by atoms with Crippen molar-refractivity contribution >= 4 is 89.5 Å². The monoisotopic (exact) mass is 877 g/mol. The van der Waals surface area contributed by atoms with Crippen molar-refractivity contribution in [1.82, 2.24) is 9.78 Å². The van der Waals surface area contributed by atoms with E-state index >= 15 is 0 Å². The minimum Gasteiger partial charge on any atom is -0.748 e. The molecule has 0 fully saturated rings. The van der Waals surface area contributed by atoms with Crippen LogP contribution in [0.1, 0.15) is 28.8 Å². The van der Waals surface area contributed by atoms with E-state index in [0.717, 1.165) is 12.1 Å². The maximum absolute atomic E-state index is 13.5. The van der Waals surface area contributed by atoms with Gasteiger partial charge in [-0.15, -0.1) is 10.2 Å². The molecule has 1 N–H and O–H groups in total. The van der Waals surface area contributed by atoms with Gasteiger partial charge in [0.25, 0.3) is 5.91 Å². The molecule has 0 radical (unpaired) electrons. The zero-order chi connectivity index (χ0) is 37.6. The number of nitrogens with zero attached hydrogens (tertiary/aromatic N) is 6. The fourth-order valence-electron chi connectivity index (χ4n) is 4.95. The summed E-state index contributed by atoms with van der Waals surface area (Å²) in [6, 6.07) is 23.1. The number of nitrogens with one attached hydrogen (secondary N) is 1. The van der Waals surface area contributed by atoms with Crippen LogP contribution in [0.2, 0.25) is 15.1 Å². The number of azo groups is 1. The smallest absolute Gasteiger partial charge is 0.748 e. The van der Waals surface area contributed by atoms with Crippen LogP contribution in [0.15, 0.2) is 106 Å². The Morgan fingerprint density at radius 3 is 2.19 bits per heavy atom. The molecule has 14 nitrogen and oxygen atoms in total. The molecule has 4 aromatic carbocycles. The maximum Gasteiger partial charge on any atom is 1.00 e. The second-order valence-electron chi connectivity index (χ2n) is 10.9. The molecule has 0 aliphatic carbocycles. The van der Waals surface area contributed by atoms with Crippen LogP contribution in [0, 0.1) is 11.3 Å². The van der Waals surface area contributed by atoms with E-state index in [9.17, 15) is 36.0 Å². The number of benzene rings is 4. The number of aromatic nitrogens is 2. The van der Waals surface area contributed by atoms with Gasteiger partial charge >= 0.3 is 103 Å². The third kappa shape index (κ3) is 12.5. The molecule has 0 atom stereocenters. The van der Waals surface area contributed by atoms with Crippen LogP contribution in [0.5, 0.6) is 0 Å². The van der Waals surface area contributed by atoms with E-state index in [-0.39, 0.29) is 165 Å². The van der Waals surface area contributed by atoms with Crippen LogP contribution >= 0.6 is 34.8 Å². The molecule has 0 spiro atoms. The Labute approximate surface area is 411 Å². The van der Waals surface area contributed by atoms with Gasteiger partial charge in [0.1, 0.15) is 33.1 Å². The molecule has 21 heteroatoms. The van der Waals surface area contributed by atoms with Crippen LogP contribution in [0.3, 0.4) is 0 Å². The Balaban J connectivity index is 0.00000392. The van der Waals surface area contributed by atoms with Gasteiger partial charge in [-0.3, -0.25) is 4.79 Å². The molecule has 0 saturated carbocycles. The van der Waals surface area contributed by atoms with Crippen molar-refractivity contribution in [3.8, 4) is 11.8 Å². The number of amides is 1. The largest absolute Gasteiger partial charge is 1.00 e. The first-order valence-corrected chi connectivity index (χ1v) is 19.1. The Morgan fingerprint density at radius 1 is 0.870 bits per heavy atom. The SMILES string of the molecule is N#Cc1cnn(-c2c(Cl)cc(Cl)cc2Cl)c1N=Nc1ccc(N(CCCCS(=O)(=O)[O-])c2ccccc2)cc1NC(=O)c1cccc(S(=O)(=O)[O-])c1.[K+].[K+]. The summed E-state index contributed by atoms with van der Waals surface area (Å²) in [5, 5.41) is 25.8. The predicted molar refractivity (Wildman–Crippen MR) is 194 cm³/mol. The second kappa shape index (κ2) is 20.7. The van der Waals surface area contributed by atoms with Crippen molar-refractivity contribution in [3.63, 3.8) is 0 Å². The second-order valence-corrected chi connectivity index (χ2v) is 15.1. The van der Waals surface area contributed by atoms with E-state index in [4.69, 9.17) is 34.8 Å². The first-order valence-electron chi connectivity index (χ1n) is 15.0. The van der Waals surface area contributed by atoms with E-state index in [0.29, 0.717) is 17.8 Å². The summed E-state index contributed by atoms with van der Waals surface area (Å²) in [6.07, 6.45) is 1.64. The molecule has 0 aliphatic heterocycles. The van der Waals surface area contributed by atoms with Gasteiger partial charge in [-0.2, -0.15) is 10.4 Å². The Kier molecular flexibility index (Phi) is 18.0. The number of carbonyl (C=O) groups excluding carboxylic acids is 1. The number of hydrogen-bond acceptors (Lipinski definition) is 12. The molecular weight excluding hydrogens is 855 g/mol. The van der Waals surface area contributed by atoms with E-state index in [1.807, 2.05) is 29.2 Å². The zero-order valence-electron chi connectivity index (χ0n) is 28.5. The standard InChI is InChI=1S/C33H26Cl3N7O7S2.2K/c34-23-16-27(35)31(28(36)17-23)43-32(22(19-37)20-38-43)41-40-29-12-11-25(42(24-8-2-1-3-9-24)13-4-5-14-51(45,46)47)18-30(29)39-33(44)21-7-6-10-26(15-21)52(48,49)50;;/h1-3,6-12,15-18,20H,4-5,13-14H2,(H,39,44)(H,45,46,47)(H,48,49,50);;/q;2*+1/p-2. The summed E-state index contributed by atoms with van der Waals surface area (Å²) in [5.41, 5.74) is 1.36. The molecule has 0 bridgehead atoms. The number of nitriles is 1. The fourth-order valence-corrected chi connectivity index (χ4v) is 7.00. The Hall–Kier alpha value is -1.59. The molecule has 1 heterocycles. The first kappa shape index (κ1) is 46.8. The predicted octanol–water partition coefficient (Wildman–Crippen LogP) is 1.75. The van der Waals surface area contributed by atoms with E-state index in [1.165, 1.54) is 41.2 Å². The van der Waals surface area contributed by atoms with Gasteiger partial charge < -0.3 is 19.3 Å². The van der Waals surface area contributed by atoms with Crippen LogP contribution in [-0.2, 0) is 20.2 Å². The van der Waals surface area contributed by atoms with Gasteiger partial charge in [0.15, 0.2) is 5.82 Å². The fraction of sp³-hybridized carbons (Fsp3) is 0.121. The third-order valence-electron chi connectivity index (χ3n) is 7.33. The van der Waals surface area contributed by atoms with Crippen molar-refractivity contribution < 1.29 is 134 Å². The van der Waals surface area contributed by atoms with Gasteiger partial charge in [-0.25, -0.2) is 21.5 Å². The van der Waals surface area contributed by atoms with E-state index < -0.39 is 36.8 Å². The molecule has 5 aromatic rings. The molecule has 5 rings (SSSR count). The number of anilines is 3. The van der Waals surface area contributed by atoms with E-state index in [1.54, 1.807) is 24.3 Å². The number of rotatable bonds is 13. The average molecular weight is 879 g/mol. The molecule has 268 valence electrons. The summed E-state index contributed by atoms with van der Waals surface area (Å²) in [6.45, 7) is 0.268. The van der Waals surface area contributed by atoms with E-state index in [2.05, 4.69) is 20.6 Å². The molecule has 0 aliphatic rings.